The van der Waals surface area contributed by atoms with Gasteiger partial charge < -0.3 is 14.8 Å². The minimum atomic E-state index is -2.32. The van der Waals surface area contributed by atoms with Gasteiger partial charge in [-0.05, 0) is 57.4 Å². The summed E-state index contributed by atoms with van der Waals surface area (Å²) in [6.07, 6.45) is 5.77. The molecule has 0 radical (unpaired) electrons. The van der Waals surface area contributed by atoms with Crippen LogP contribution in [0.25, 0.3) is 17.3 Å². The van der Waals surface area contributed by atoms with Gasteiger partial charge in [-0.1, -0.05) is 39.3 Å². The highest BCUT2D eigenvalue weighted by atomic mass is 32.2. The van der Waals surface area contributed by atoms with Crippen LogP contribution >= 0.6 is 0 Å². The average molecular weight is 577 g/mol. The van der Waals surface area contributed by atoms with E-state index in [-0.39, 0.29) is 48.8 Å². The van der Waals surface area contributed by atoms with Gasteiger partial charge in [-0.2, -0.15) is 0 Å². The van der Waals surface area contributed by atoms with Crippen LogP contribution in [-0.2, 0) is 25.5 Å². The van der Waals surface area contributed by atoms with E-state index in [1.807, 2.05) is 39.8 Å². The van der Waals surface area contributed by atoms with E-state index in [2.05, 4.69) is 22.2 Å². The van der Waals surface area contributed by atoms with Gasteiger partial charge >= 0.3 is 0 Å². The van der Waals surface area contributed by atoms with Crippen LogP contribution in [0.5, 0.6) is 0 Å². The lowest BCUT2D eigenvalue weighted by atomic mass is 9.97. The zero-order chi connectivity index (χ0) is 29.4. The maximum atomic E-state index is 13.8. The average Bonchev–Trinajstić information content (AvgIpc) is 2.87. The molecule has 1 unspecified atom stereocenters. The molecule has 11 heteroatoms. The molecule has 2 aromatic rings. The summed E-state index contributed by atoms with van der Waals surface area (Å²) in [6.45, 7) is 12.3. The molecule has 1 aromatic heterocycles. The number of nitrogens with zero attached hydrogens (tertiary/aromatic N) is 3. The van der Waals surface area contributed by atoms with Crippen molar-refractivity contribution < 1.29 is 27.4 Å². The van der Waals surface area contributed by atoms with Crippen LogP contribution in [0.2, 0.25) is 0 Å². The number of hydrogen-bond donors (Lipinski definition) is 2. The summed E-state index contributed by atoms with van der Waals surface area (Å²) < 4.78 is 49.0. The van der Waals surface area contributed by atoms with E-state index < -0.39 is 17.1 Å². The monoisotopic (exact) mass is 576 g/mol. The van der Waals surface area contributed by atoms with Crippen molar-refractivity contribution in [1.82, 2.24) is 15.3 Å². The zero-order valence-electron chi connectivity index (χ0n) is 24.1. The van der Waals surface area contributed by atoms with E-state index in [9.17, 15) is 17.9 Å². The van der Waals surface area contributed by atoms with Gasteiger partial charge in [0.05, 0.1) is 30.0 Å². The second-order valence-electron chi connectivity index (χ2n) is 10.6. The Morgan fingerprint density at radius 1 is 1.25 bits per heavy atom. The third-order valence-electron chi connectivity index (χ3n) is 6.45. The fourth-order valence-corrected chi connectivity index (χ4v) is 5.06. The molecule has 0 aliphatic carbocycles. The molecule has 0 saturated carbocycles. The highest BCUT2D eigenvalue weighted by Gasteiger charge is 2.35. The molecule has 1 amide bonds. The summed E-state index contributed by atoms with van der Waals surface area (Å²) >= 11 is -2.32. The number of unbranched alkanes of at least 4 members (excludes halogenated alkanes) is 1. The number of hydrogen-bond acceptors (Lipinski definition) is 6. The topological polar surface area (TPSA) is 114 Å². The van der Waals surface area contributed by atoms with Crippen molar-refractivity contribution in [2.45, 2.75) is 91.1 Å². The van der Waals surface area contributed by atoms with E-state index in [1.165, 1.54) is 16.4 Å². The lowest BCUT2D eigenvalue weighted by Gasteiger charge is -2.39. The van der Waals surface area contributed by atoms with Crippen LogP contribution < -0.4 is 9.62 Å². The molecule has 3 atom stereocenters. The van der Waals surface area contributed by atoms with E-state index >= 15 is 0 Å². The molecule has 2 N–H and O–H groups in total. The number of rotatable bonds is 12. The van der Waals surface area contributed by atoms with Crippen molar-refractivity contribution in [2.75, 3.05) is 17.4 Å². The van der Waals surface area contributed by atoms with Gasteiger partial charge in [0.15, 0.2) is 5.79 Å². The van der Waals surface area contributed by atoms with Crippen LogP contribution in [0.15, 0.2) is 30.3 Å². The first-order chi connectivity index (χ1) is 18.9. The van der Waals surface area contributed by atoms with E-state index in [0.29, 0.717) is 35.5 Å². The predicted octanol–water partition coefficient (Wildman–Crippen LogP) is 5.60. The summed E-state index contributed by atoms with van der Waals surface area (Å²) in [5.74, 6) is -1.27. The van der Waals surface area contributed by atoms with Gasteiger partial charge in [0.25, 0.3) is 11.3 Å². The highest BCUT2D eigenvalue weighted by Crippen LogP contribution is 2.34. The largest absolute Gasteiger partial charge is 0.356 e. The first-order valence-electron chi connectivity index (χ1n) is 13.8. The van der Waals surface area contributed by atoms with E-state index in [0.717, 1.165) is 12.8 Å². The molecule has 2 heterocycles. The standard InChI is InChI=1S/C29H41FN4O5S/c1-7-9-16-31-25(35)18-23-17-22(38-29(5,6)39-23)14-15-24-26(19(3)4)32-28(34(8-2)40(36)37)33-27(24)20-10-12-21(30)13-11-20/h10-15,19,22-23H,7-9,16-18H2,1-6H3,(H,31,35)(H,36,37)/b15-14+/t22-,23-/m1/s1. The van der Waals surface area contributed by atoms with Crippen LogP contribution in [0, 0.1) is 5.82 Å². The maximum Gasteiger partial charge on any atom is 0.264 e. The fraction of sp³-hybridized carbons (Fsp3) is 0.552. The van der Waals surface area contributed by atoms with Gasteiger partial charge in [-0.3, -0.25) is 9.35 Å². The molecular formula is C29H41FN4O5S. The third-order valence-corrected chi connectivity index (χ3v) is 7.25. The van der Waals surface area contributed by atoms with Gasteiger partial charge in [-0.25, -0.2) is 22.9 Å². The molecule has 3 rings (SSSR count). The Labute approximate surface area is 239 Å². The maximum absolute atomic E-state index is 13.8. The number of benzene rings is 1. The van der Waals surface area contributed by atoms with Gasteiger partial charge in [-0.15, -0.1) is 0 Å². The van der Waals surface area contributed by atoms with Crippen molar-refractivity contribution >= 4 is 29.2 Å². The van der Waals surface area contributed by atoms with Gasteiger partial charge in [0, 0.05) is 30.6 Å². The third kappa shape index (κ3) is 8.63. The molecule has 1 aromatic carbocycles. The summed E-state index contributed by atoms with van der Waals surface area (Å²) in [5, 5.41) is 2.94. The lowest BCUT2D eigenvalue weighted by Crippen LogP contribution is -2.45. The molecule has 1 fully saturated rings. The summed E-state index contributed by atoms with van der Waals surface area (Å²) in [7, 11) is 0. The molecular weight excluding hydrogens is 535 g/mol. The Kier molecular flexibility index (Phi) is 11.3. The second-order valence-corrected chi connectivity index (χ2v) is 11.5. The summed E-state index contributed by atoms with van der Waals surface area (Å²) in [6, 6.07) is 5.94. The molecule has 0 bridgehead atoms. The van der Waals surface area contributed by atoms with Crippen LogP contribution in [0.4, 0.5) is 10.3 Å². The number of anilines is 1. The van der Waals surface area contributed by atoms with Crippen molar-refractivity contribution in [2.24, 2.45) is 0 Å². The molecule has 1 aliphatic heterocycles. The minimum Gasteiger partial charge on any atom is -0.356 e. The Balaban J connectivity index is 2.00. The number of carbonyl (C=O) groups is 1. The molecule has 9 nitrogen and oxygen atoms in total. The first-order valence-corrected chi connectivity index (χ1v) is 14.9. The summed E-state index contributed by atoms with van der Waals surface area (Å²) in [4.78, 5) is 21.8. The predicted molar refractivity (Wildman–Crippen MR) is 155 cm³/mol. The molecule has 1 saturated heterocycles. The van der Waals surface area contributed by atoms with Crippen LogP contribution in [0.1, 0.15) is 84.4 Å². The molecule has 40 heavy (non-hydrogen) atoms. The second kappa shape index (κ2) is 14.2. The van der Waals surface area contributed by atoms with Crippen molar-refractivity contribution in [3.05, 3.63) is 47.4 Å². The quantitative estimate of drug-likeness (QED) is 0.250. The number of halogens is 1. The number of aromatic nitrogens is 2. The SMILES string of the molecule is CCCCNC(=O)C[C@H]1C[C@@H](/C=C/c2c(-c3ccc(F)cc3)nc(N(CC)S(=O)O)nc2C(C)C)OC(C)(C)O1. The van der Waals surface area contributed by atoms with Crippen molar-refractivity contribution in [3.63, 3.8) is 0 Å². The molecule has 0 spiro atoms. The Morgan fingerprint density at radius 3 is 2.55 bits per heavy atom. The number of carbonyl (C=O) groups excluding carboxylic acids is 1. The number of amides is 1. The van der Waals surface area contributed by atoms with Crippen molar-refractivity contribution in [1.29, 1.82) is 0 Å². The Bertz CT molecular complexity index is 1210. The fourth-order valence-electron chi connectivity index (χ4n) is 4.62. The van der Waals surface area contributed by atoms with Crippen LogP contribution in [-0.4, -0.2) is 55.7 Å². The first kappa shape index (κ1) is 31.8. The smallest absolute Gasteiger partial charge is 0.264 e. The number of ether oxygens (including phenoxy) is 2. The van der Waals surface area contributed by atoms with E-state index in [1.54, 1.807) is 19.1 Å². The summed E-state index contributed by atoms with van der Waals surface area (Å²) in [5.41, 5.74) is 2.52. The normalized spacial score (nSPS) is 19.6. The van der Waals surface area contributed by atoms with Crippen LogP contribution in [0.3, 0.4) is 0 Å². The minimum absolute atomic E-state index is 0.0506. The number of nitrogens with one attached hydrogen (secondary N) is 1. The lowest BCUT2D eigenvalue weighted by molar-refractivity contribution is -0.289. The zero-order valence-corrected chi connectivity index (χ0v) is 25.0. The van der Waals surface area contributed by atoms with E-state index in [4.69, 9.17) is 9.47 Å². The Morgan fingerprint density at radius 2 is 1.95 bits per heavy atom. The van der Waals surface area contributed by atoms with Crippen molar-refractivity contribution in [3.8, 4) is 11.3 Å². The van der Waals surface area contributed by atoms with Gasteiger partial charge in [0.2, 0.25) is 11.9 Å². The van der Waals surface area contributed by atoms with Gasteiger partial charge in [0.1, 0.15) is 5.82 Å². The highest BCUT2D eigenvalue weighted by molar-refractivity contribution is 7.80. The Hall–Kier alpha value is -2.73. The molecule has 220 valence electrons. The molecule has 1 aliphatic rings.